The van der Waals surface area contributed by atoms with Crippen molar-refractivity contribution in [3.05, 3.63) is 29.6 Å². The lowest BCUT2D eigenvalue weighted by Gasteiger charge is -2.09. The Morgan fingerprint density at radius 3 is 2.80 bits per heavy atom. The van der Waals surface area contributed by atoms with Gasteiger partial charge >= 0.3 is 0 Å². The molecule has 1 heterocycles. The smallest absolute Gasteiger partial charge is 0.168 e. The molecule has 0 saturated carbocycles. The van der Waals surface area contributed by atoms with E-state index in [0.717, 1.165) is 0 Å². The molecule has 1 unspecified atom stereocenters. The molecule has 6 heteroatoms. The highest BCUT2D eigenvalue weighted by atomic mass is 32.2. The van der Waals surface area contributed by atoms with Crippen molar-refractivity contribution in [1.82, 2.24) is 0 Å². The van der Waals surface area contributed by atoms with Crippen molar-refractivity contribution in [3.63, 3.8) is 0 Å². The molecule has 0 bridgehead atoms. The molecule has 0 aliphatic carbocycles. The molecule has 4 nitrogen and oxygen atoms in total. The lowest BCUT2D eigenvalue weighted by atomic mass is 9.98. The summed E-state index contributed by atoms with van der Waals surface area (Å²) >= 11 is 0. The van der Waals surface area contributed by atoms with Gasteiger partial charge in [0.15, 0.2) is 21.4 Å². The number of methoxy groups -OCH3 is 1. The molecule has 1 aliphatic heterocycles. The number of carbonyl (C=O) groups excluding carboxylic acids is 1. The highest BCUT2D eigenvalue weighted by Crippen LogP contribution is 2.24. The Morgan fingerprint density at radius 1 is 1.45 bits per heavy atom. The minimum absolute atomic E-state index is 0.0282. The van der Waals surface area contributed by atoms with Crippen LogP contribution in [-0.4, -0.2) is 32.8 Å². The Labute approximate surface area is 117 Å². The van der Waals surface area contributed by atoms with E-state index in [1.54, 1.807) is 12.1 Å². The number of hydrogen-bond donors (Lipinski definition) is 0. The average Bonchev–Trinajstić information content (AvgIpc) is 2.71. The van der Waals surface area contributed by atoms with Crippen molar-refractivity contribution >= 4 is 15.6 Å². The van der Waals surface area contributed by atoms with E-state index in [2.05, 4.69) is 0 Å². The number of ether oxygens (including phenoxy) is 1. The minimum Gasteiger partial charge on any atom is -0.494 e. The summed E-state index contributed by atoms with van der Waals surface area (Å²) < 4.78 is 41.4. The molecule has 2 rings (SSSR count). The van der Waals surface area contributed by atoms with E-state index in [1.807, 2.05) is 0 Å². The first kappa shape index (κ1) is 15.0. The SMILES string of the molecule is COc1cccc(CC(=O)CC2CCS(=O)(=O)C2)c1F. The fourth-order valence-corrected chi connectivity index (χ4v) is 4.35. The van der Waals surface area contributed by atoms with Crippen LogP contribution in [0.3, 0.4) is 0 Å². The molecule has 1 saturated heterocycles. The summed E-state index contributed by atoms with van der Waals surface area (Å²) in [6.07, 6.45) is 0.685. The maximum Gasteiger partial charge on any atom is 0.168 e. The highest BCUT2D eigenvalue weighted by molar-refractivity contribution is 7.91. The van der Waals surface area contributed by atoms with E-state index in [4.69, 9.17) is 4.74 Å². The van der Waals surface area contributed by atoms with Gasteiger partial charge in [0.1, 0.15) is 5.78 Å². The van der Waals surface area contributed by atoms with Gasteiger partial charge in [0.05, 0.1) is 18.6 Å². The second-order valence-corrected chi connectivity index (χ2v) is 7.35. The summed E-state index contributed by atoms with van der Waals surface area (Å²) in [6, 6.07) is 4.67. The quantitative estimate of drug-likeness (QED) is 0.831. The molecule has 0 N–H and O–H groups in total. The summed E-state index contributed by atoms with van der Waals surface area (Å²) in [7, 11) is -1.61. The largest absolute Gasteiger partial charge is 0.494 e. The zero-order chi connectivity index (χ0) is 14.8. The van der Waals surface area contributed by atoms with Gasteiger partial charge in [0.25, 0.3) is 0 Å². The molecular formula is C14H17FO4S. The molecule has 0 amide bonds. The van der Waals surface area contributed by atoms with E-state index in [1.165, 1.54) is 13.2 Å². The number of halogens is 1. The van der Waals surface area contributed by atoms with E-state index >= 15 is 0 Å². The Kier molecular flexibility index (Phi) is 4.42. The zero-order valence-corrected chi connectivity index (χ0v) is 12.1. The van der Waals surface area contributed by atoms with Crippen molar-refractivity contribution < 1.29 is 22.3 Å². The molecule has 0 spiro atoms. The third-order valence-electron chi connectivity index (χ3n) is 3.49. The highest BCUT2D eigenvalue weighted by Gasteiger charge is 2.29. The Hall–Kier alpha value is -1.43. The van der Waals surface area contributed by atoms with Gasteiger partial charge in [0, 0.05) is 12.8 Å². The molecule has 0 radical (unpaired) electrons. The molecule has 110 valence electrons. The number of Topliss-reactive ketones (excluding diaryl/α,β-unsaturated/α-hetero) is 1. The van der Waals surface area contributed by atoms with E-state index in [9.17, 15) is 17.6 Å². The number of carbonyl (C=O) groups is 1. The zero-order valence-electron chi connectivity index (χ0n) is 11.3. The first-order valence-corrected chi connectivity index (χ1v) is 8.27. The third kappa shape index (κ3) is 3.56. The molecule has 1 aliphatic rings. The van der Waals surface area contributed by atoms with E-state index in [-0.39, 0.29) is 47.4 Å². The first-order valence-electron chi connectivity index (χ1n) is 6.45. The summed E-state index contributed by atoms with van der Waals surface area (Å²) in [5.41, 5.74) is 0.287. The normalized spacial score (nSPS) is 20.8. The molecule has 20 heavy (non-hydrogen) atoms. The molecule has 0 aromatic heterocycles. The molecule has 1 aromatic rings. The van der Waals surface area contributed by atoms with Crippen LogP contribution in [0.2, 0.25) is 0 Å². The Balaban J connectivity index is 1.99. The molecule has 1 atom stereocenters. The van der Waals surface area contributed by atoms with Gasteiger partial charge in [0.2, 0.25) is 0 Å². The van der Waals surface area contributed by atoms with Crippen molar-refractivity contribution in [2.45, 2.75) is 19.3 Å². The summed E-state index contributed by atoms with van der Waals surface area (Å²) in [5, 5.41) is 0. The van der Waals surface area contributed by atoms with E-state index < -0.39 is 15.7 Å². The number of rotatable bonds is 5. The summed E-state index contributed by atoms with van der Waals surface area (Å²) in [4.78, 5) is 11.9. The number of hydrogen-bond acceptors (Lipinski definition) is 4. The van der Waals surface area contributed by atoms with Gasteiger partial charge in [-0.25, -0.2) is 12.8 Å². The fraction of sp³-hybridized carbons (Fsp3) is 0.500. The van der Waals surface area contributed by atoms with Crippen LogP contribution in [0.1, 0.15) is 18.4 Å². The maximum absolute atomic E-state index is 13.9. The van der Waals surface area contributed by atoms with Crippen molar-refractivity contribution in [2.75, 3.05) is 18.6 Å². The molecule has 1 aromatic carbocycles. The van der Waals surface area contributed by atoms with Crippen LogP contribution in [0.4, 0.5) is 4.39 Å². The summed E-state index contributed by atoms with van der Waals surface area (Å²) in [5.74, 6) is -0.459. The van der Waals surface area contributed by atoms with Gasteiger partial charge in [-0.3, -0.25) is 4.79 Å². The predicted molar refractivity (Wildman–Crippen MR) is 73.0 cm³/mol. The molecule has 1 fully saturated rings. The van der Waals surface area contributed by atoms with Gasteiger partial charge in [-0.15, -0.1) is 0 Å². The van der Waals surface area contributed by atoms with Gasteiger partial charge < -0.3 is 4.74 Å². The monoisotopic (exact) mass is 300 g/mol. The molecular weight excluding hydrogens is 283 g/mol. The fourth-order valence-electron chi connectivity index (χ4n) is 2.49. The van der Waals surface area contributed by atoms with Crippen LogP contribution < -0.4 is 4.74 Å². The van der Waals surface area contributed by atoms with Crippen molar-refractivity contribution in [3.8, 4) is 5.75 Å². The lowest BCUT2D eigenvalue weighted by Crippen LogP contribution is -2.13. The Morgan fingerprint density at radius 2 is 2.20 bits per heavy atom. The number of ketones is 1. The second kappa shape index (κ2) is 5.91. The number of benzene rings is 1. The topological polar surface area (TPSA) is 60.4 Å². The minimum atomic E-state index is -2.98. The van der Waals surface area contributed by atoms with Gasteiger partial charge in [-0.05, 0) is 24.0 Å². The van der Waals surface area contributed by atoms with Crippen molar-refractivity contribution in [1.29, 1.82) is 0 Å². The van der Waals surface area contributed by atoms with Gasteiger partial charge in [-0.2, -0.15) is 0 Å². The van der Waals surface area contributed by atoms with Crippen LogP contribution in [0.25, 0.3) is 0 Å². The van der Waals surface area contributed by atoms with Crippen LogP contribution in [-0.2, 0) is 21.1 Å². The average molecular weight is 300 g/mol. The van der Waals surface area contributed by atoms with Crippen LogP contribution in [0, 0.1) is 11.7 Å². The van der Waals surface area contributed by atoms with Crippen LogP contribution >= 0.6 is 0 Å². The second-order valence-electron chi connectivity index (χ2n) is 5.12. The first-order chi connectivity index (χ1) is 9.41. The van der Waals surface area contributed by atoms with Crippen LogP contribution in [0.15, 0.2) is 18.2 Å². The lowest BCUT2D eigenvalue weighted by molar-refractivity contribution is -0.119. The maximum atomic E-state index is 13.9. The van der Waals surface area contributed by atoms with E-state index in [0.29, 0.717) is 6.42 Å². The van der Waals surface area contributed by atoms with Gasteiger partial charge in [-0.1, -0.05) is 12.1 Å². The Bertz CT molecular complexity index is 610. The number of sulfone groups is 1. The third-order valence-corrected chi connectivity index (χ3v) is 5.33. The van der Waals surface area contributed by atoms with Crippen molar-refractivity contribution in [2.24, 2.45) is 5.92 Å². The standard InChI is InChI=1S/C14H17FO4S/c1-19-13-4-2-3-11(14(13)15)8-12(16)7-10-5-6-20(17,18)9-10/h2-4,10H,5-9H2,1H3. The summed E-state index contributed by atoms with van der Waals surface area (Å²) in [6.45, 7) is 0. The predicted octanol–water partition coefficient (Wildman–Crippen LogP) is 1.77. The van der Waals surface area contributed by atoms with Crippen LogP contribution in [0.5, 0.6) is 5.75 Å².